The van der Waals surface area contributed by atoms with Crippen molar-refractivity contribution < 1.29 is 0 Å². The van der Waals surface area contributed by atoms with E-state index in [0.29, 0.717) is 43.8 Å². The Morgan fingerprint density at radius 2 is 0.746 bits per heavy atom. The monoisotopic (exact) mass is 782 g/mol. The van der Waals surface area contributed by atoms with Crippen LogP contribution < -0.4 is 38.2 Å². The largest absolute Gasteiger partial charge is 0.311 e. The molecular weight excluding hydrogens is 752 g/mol. The summed E-state index contributed by atoms with van der Waals surface area (Å²) in [5, 5.41) is 3.23. The van der Waals surface area contributed by atoms with Crippen molar-refractivity contribution in [3.63, 3.8) is 0 Å². The highest BCUT2D eigenvalue weighted by molar-refractivity contribution is 6.69. The Morgan fingerprint density at radius 1 is 0.286 bits per heavy atom. The zero-order valence-electron chi connectivity index (χ0n) is 34.2. The van der Waals surface area contributed by atoms with Crippen LogP contribution in [-0.4, -0.2) is 64.1 Å². The molecular formula is C54H29B7N2. The molecule has 11 aromatic rings. The van der Waals surface area contributed by atoms with Crippen LogP contribution in [0.3, 0.4) is 0 Å². The minimum atomic E-state index is 0.176. The molecule has 276 valence electrons. The van der Waals surface area contributed by atoms with Crippen LogP contribution in [-0.2, 0) is 0 Å². The average molecular weight is 782 g/mol. The molecule has 63 heavy (non-hydrogen) atoms. The summed E-state index contributed by atoms with van der Waals surface area (Å²) in [5.74, 6) is 0. The van der Waals surface area contributed by atoms with Gasteiger partial charge < -0.3 is 9.13 Å². The molecule has 0 spiro atoms. The third kappa shape index (κ3) is 6.04. The summed E-state index contributed by atoms with van der Waals surface area (Å²) in [7, 11) is 48.6. The van der Waals surface area contributed by atoms with Crippen molar-refractivity contribution in [2.24, 2.45) is 0 Å². The van der Waals surface area contributed by atoms with Crippen LogP contribution in [0.2, 0.25) is 0 Å². The van der Waals surface area contributed by atoms with Gasteiger partial charge in [0.1, 0.15) is 54.9 Å². The molecule has 0 unspecified atom stereocenters. The Kier molecular flexibility index (Phi) is 9.35. The predicted molar refractivity (Wildman–Crippen MR) is 275 cm³/mol. The number of aromatic nitrogens is 2. The quantitative estimate of drug-likeness (QED) is 0.181. The summed E-state index contributed by atoms with van der Waals surface area (Å²) >= 11 is 0. The molecule has 9 heteroatoms. The van der Waals surface area contributed by atoms with Crippen molar-refractivity contribution in [3.8, 4) is 55.9 Å². The minimum absolute atomic E-state index is 0.176. The summed E-state index contributed by atoms with van der Waals surface area (Å²) in [6.45, 7) is 0. The summed E-state index contributed by atoms with van der Waals surface area (Å²) in [5.41, 5.74) is 14.9. The van der Waals surface area contributed by atoms with Crippen LogP contribution >= 0.6 is 0 Å². The summed E-state index contributed by atoms with van der Waals surface area (Å²) in [4.78, 5) is 0. The summed E-state index contributed by atoms with van der Waals surface area (Å²) in [6.07, 6.45) is 0. The normalized spacial score (nSPS) is 11.6. The number of nitrogens with zero attached hydrogens (tertiary/aromatic N) is 2. The van der Waals surface area contributed by atoms with Gasteiger partial charge in [-0.3, -0.25) is 0 Å². The van der Waals surface area contributed by atoms with Gasteiger partial charge in [-0.2, -0.15) is 0 Å². The van der Waals surface area contributed by atoms with E-state index in [1.807, 2.05) is 59.2 Å². The second-order valence-electron chi connectivity index (χ2n) is 16.0. The number of fused-ring (bicyclic) bond motifs is 6. The highest BCUT2D eigenvalue weighted by Crippen LogP contribution is 2.40. The molecule has 0 bridgehead atoms. The van der Waals surface area contributed by atoms with E-state index in [1.54, 1.807) is 0 Å². The van der Waals surface area contributed by atoms with Crippen molar-refractivity contribution >= 4 is 137 Å². The Balaban J connectivity index is 1.16. The molecule has 14 radical (unpaired) electrons. The molecule has 2 heterocycles. The van der Waals surface area contributed by atoms with E-state index in [9.17, 15) is 0 Å². The molecule has 0 saturated heterocycles. The molecule has 0 saturated carbocycles. The highest BCUT2D eigenvalue weighted by Gasteiger charge is 2.25. The van der Waals surface area contributed by atoms with Gasteiger partial charge in [-0.1, -0.05) is 167 Å². The van der Waals surface area contributed by atoms with Gasteiger partial charge in [-0.05, 0) is 80.7 Å². The van der Waals surface area contributed by atoms with Gasteiger partial charge in [0.25, 0.3) is 0 Å². The molecule has 2 aromatic heterocycles. The number of rotatable bonds is 6. The van der Waals surface area contributed by atoms with Crippen LogP contribution in [0.1, 0.15) is 0 Å². The summed E-state index contributed by atoms with van der Waals surface area (Å²) < 4.78 is 4.28. The Morgan fingerprint density at radius 3 is 1.32 bits per heavy atom. The van der Waals surface area contributed by atoms with Gasteiger partial charge >= 0.3 is 0 Å². The topological polar surface area (TPSA) is 9.86 Å². The van der Waals surface area contributed by atoms with Gasteiger partial charge in [-0.15, -0.1) is 10.9 Å². The average Bonchev–Trinajstić information content (AvgIpc) is 3.87. The molecule has 0 fully saturated rings. The van der Waals surface area contributed by atoms with Crippen molar-refractivity contribution in [1.82, 2.24) is 9.13 Å². The van der Waals surface area contributed by atoms with Gasteiger partial charge in [0, 0.05) is 44.1 Å². The molecule has 0 N–H and O–H groups in total. The van der Waals surface area contributed by atoms with E-state index in [1.165, 1.54) is 0 Å². The van der Waals surface area contributed by atoms with E-state index in [4.69, 9.17) is 54.9 Å². The first-order valence-electron chi connectivity index (χ1n) is 20.7. The smallest absolute Gasteiger partial charge is 0.115 e. The number of hydrogen-bond acceptors (Lipinski definition) is 0. The summed E-state index contributed by atoms with van der Waals surface area (Å²) in [6, 6.07) is 60.6. The van der Waals surface area contributed by atoms with Gasteiger partial charge in [0.2, 0.25) is 0 Å². The maximum Gasteiger partial charge on any atom is 0.115 e. The number of benzene rings is 9. The van der Waals surface area contributed by atoms with Crippen molar-refractivity contribution in [2.75, 3.05) is 0 Å². The fourth-order valence-corrected chi connectivity index (χ4v) is 9.47. The van der Waals surface area contributed by atoms with E-state index in [0.717, 1.165) is 72.1 Å². The molecule has 9 aromatic carbocycles. The van der Waals surface area contributed by atoms with Crippen molar-refractivity contribution in [2.45, 2.75) is 0 Å². The van der Waals surface area contributed by atoms with Crippen LogP contribution in [0.15, 0.2) is 176 Å². The lowest BCUT2D eigenvalue weighted by atomic mass is 9.64. The second kappa shape index (κ2) is 15.1. The number of para-hydroxylation sites is 1. The Hall–Kier alpha value is -6.97. The lowest BCUT2D eigenvalue weighted by Gasteiger charge is -2.19. The first-order valence-corrected chi connectivity index (χ1v) is 20.7. The molecule has 0 atom stereocenters. The molecule has 11 rings (SSSR count). The maximum absolute atomic E-state index is 7.38. The van der Waals surface area contributed by atoms with E-state index >= 15 is 0 Å². The SMILES string of the molecule is [B]c1c([B])c([B])c2c(c1[B])c1c([B])c(-c3ccc4c(c3)c3cccc(-c5ccccc5)c3n4-c3ccc(-c4ccccc4)cc3)c([B])c([B])c1n2-c1ccc(-c2ccccc2)cc1. The minimum Gasteiger partial charge on any atom is -0.311 e. The first kappa shape index (κ1) is 38.9. The van der Waals surface area contributed by atoms with E-state index in [-0.39, 0.29) is 21.9 Å². The number of hydrogen-bond donors (Lipinski definition) is 0. The van der Waals surface area contributed by atoms with Crippen molar-refractivity contribution in [3.05, 3.63) is 176 Å². The second-order valence-corrected chi connectivity index (χ2v) is 16.0. The molecule has 2 nitrogen and oxygen atoms in total. The fourth-order valence-electron chi connectivity index (χ4n) is 9.47. The molecule has 0 aliphatic carbocycles. The van der Waals surface area contributed by atoms with Crippen LogP contribution in [0.5, 0.6) is 0 Å². The van der Waals surface area contributed by atoms with Gasteiger partial charge in [0.05, 0.1) is 11.0 Å². The lowest BCUT2D eigenvalue weighted by molar-refractivity contribution is 1.18. The third-order valence-electron chi connectivity index (χ3n) is 12.5. The van der Waals surface area contributed by atoms with Gasteiger partial charge in [-0.25, -0.2) is 0 Å². The lowest BCUT2D eigenvalue weighted by Crippen LogP contribution is -2.48. The van der Waals surface area contributed by atoms with E-state index in [2.05, 4.69) is 126 Å². The zero-order chi connectivity index (χ0) is 43.1. The molecule has 0 amide bonds. The maximum atomic E-state index is 7.38. The first-order chi connectivity index (χ1) is 30.7. The third-order valence-corrected chi connectivity index (χ3v) is 12.5. The Bertz CT molecular complexity index is 3600. The Labute approximate surface area is 375 Å². The molecule has 0 aliphatic rings. The van der Waals surface area contributed by atoms with Crippen LogP contribution in [0, 0.1) is 0 Å². The van der Waals surface area contributed by atoms with Crippen LogP contribution in [0.4, 0.5) is 0 Å². The highest BCUT2D eigenvalue weighted by atomic mass is 15.0. The molecule has 0 aliphatic heterocycles. The predicted octanol–water partition coefficient (Wildman–Crippen LogP) is 6.11. The zero-order valence-corrected chi connectivity index (χ0v) is 34.2. The van der Waals surface area contributed by atoms with Crippen molar-refractivity contribution in [1.29, 1.82) is 0 Å². The fraction of sp³-hybridized carbons (Fsp3) is 0. The standard InChI is InChI=1S/C54H29B7N2/c55-45-42(46(56)50(60)53-43(45)44-47(57)48(58)49(59)51(61)54(44)63(53)37-26-21-33(22-27-37)31-13-6-2-7-14-31)35-23-28-41-40(29-35)39-18-10-17-38(34-15-8-3-9-16-34)52(39)62(41)36-24-19-32(20-25-36)30-11-4-1-5-12-30/h1-29H. The van der Waals surface area contributed by atoms with Crippen LogP contribution in [0.25, 0.3) is 99.5 Å². The van der Waals surface area contributed by atoms with E-state index < -0.39 is 0 Å². The van der Waals surface area contributed by atoms with Gasteiger partial charge in [0.15, 0.2) is 0 Å².